The summed E-state index contributed by atoms with van der Waals surface area (Å²) in [6, 6.07) is 13.2. The molecule has 0 fully saturated rings. The van der Waals surface area contributed by atoms with Gasteiger partial charge in [0.25, 0.3) is 5.91 Å². The van der Waals surface area contributed by atoms with Gasteiger partial charge in [0.15, 0.2) is 0 Å². The largest absolute Gasteiger partial charge is 0.487 e. The number of pyridine rings is 1. The molecule has 1 atom stereocenters. The first-order chi connectivity index (χ1) is 12.2. The number of aromatic nitrogens is 2. The van der Waals surface area contributed by atoms with Crippen LogP contribution in [0.3, 0.4) is 0 Å². The van der Waals surface area contributed by atoms with Gasteiger partial charge < -0.3 is 19.8 Å². The number of nitrogens with zero attached hydrogens (tertiary/aromatic N) is 2. The first kappa shape index (κ1) is 17.0. The second kappa shape index (κ2) is 7.81. The Morgan fingerprint density at radius 2 is 2.16 bits per heavy atom. The van der Waals surface area contributed by atoms with Gasteiger partial charge in [0, 0.05) is 30.5 Å². The van der Waals surface area contributed by atoms with Crippen LogP contribution in [-0.2, 0) is 6.61 Å². The maximum Gasteiger partial charge on any atom is 0.251 e. The molecule has 0 aliphatic heterocycles. The van der Waals surface area contributed by atoms with Crippen molar-refractivity contribution in [2.24, 2.45) is 0 Å². The van der Waals surface area contributed by atoms with E-state index in [2.05, 4.69) is 15.6 Å². The molecule has 0 saturated heterocycles. The van der Waals surface area contributed by atoms with Gasteiger partial charge in [0.05, 0.1) is 5.69 Å². The van der Waals surface area contributed by atoms with Gasteiger partial charge in [-0.05, 0) is 44.3 Å². The zero-order valence-corrected chi connectivity index (χ0v) is 14.4. The van der Waals surface area contributed by atoms with Crippen LogP contribution in [0.4, 0.5) is 0 Å². The topological polar surface area (TPSA) is 67.7 Å². The van der Waals surface area contributed by atoms with Crippen LogP contribution in [-0.4, -0.2) is 34.9 Å². The third kappa shape index (κ3) is 4.36. The van der Waals surface area contributed by atoms with E-state index in [0.29, 0.717) is 24.5 Å². The van der Waals surface area contributed by atoms with Gasteiger partial charge in [-0.25, -0.2) is 4.98 Å². The van der Waals surface area contributed by atoms with Crippen molar-refractivity contribution in [2.75, 3.05) is 13.6 Å². The first-order valence-electron chi connectivity index (χ1n) is 8.26. The molecule has 6 heteroatoms. The van der Waals surface area contributed by atoms with Crippen LogP contribution in [0.2, 0.25) is 0 Å². The summed E-state index contributed by atoms with van der Waals surface area (Å²) in [6.45, 7) is 2.93. The van der Waals surface area contributed by atoms with E-state index in [-0.39, 0.29) is 11.9 Å². The molecule has 0 aliphatic carbocycles. The van der Waals surface area contributed by atoms with Crippen LogP contribution in [0.25, 0.3) is 5.65 Å². The highest BCUT2D eigenvalue weighted by Crippen LogP contribution is 2.15. The standard InChI is InChI=1S/C19H22N4O2/c1-14(20-2)11-21-19(24)15-6-5-7-17(10-15)25-13-16-12-23-9-4-3-8-18(23)22-16/h3-10,12,14,20H,11,13H2,1-2H3,(H,21,24). The molecular weight excluding hydrogens is 316 g/mol. The molecule has 0 radical (unpaired) electrons. The molecule has 3 rings (SSSR count). The smallest absolute Gasteiger partial charge is 0.251 e. The number of rotatable bonds is 7. The minimum absolute atomic E-state index is 0.111. The van der Waals surface area contributed by atoms with Crippen molar-refractivity contribution >= 4 is 11.6 Å². The lowest BCUT2D eigenvalue weighted by Gasteiger charge is -2.12. The predicted octanol–water partition coefficient (Wildman–Crippen LogP) is 2.25. The van der Waals surface area contributed by atoms with Gasteiger partial charge in [0.1, 0.15) is 18.0 Å². The van der Waals surface area contributed by atoms with Crippen molar-refractivity contribution in [3.05, 3.63) is 66.1 Å². The average molecular weight is 338 g/mol. The van der Waals surface area contributed by atoms with Crippen molar-refractivity contribution < 1.29 is 9.53 Å². The molecule has 1 unspecified atom stereocenters. The molecule has 0 aliphatic rings. The van der Waals surface area contributed by atoms with E-state index in [9.17, 15) is 4.79 Å². The Kier molecular flexibility index (Phi) is 5.30. The van der Waals surface area contributed by atoms with Crippen LogP contribution in [0, 0.1) is 0 Å². The summed E-state index contributed by atoms with van der Waals surface area (Å²) < 4.78 is 7.74. The van der Waals surface area contributed by atoms with E-state index in [0.717, 1.165) is 11.3 Å². The normalized spacial score (nSPS) is 12.1. The lowest BCUT2D eigenvalue weighted by molar-refractivity contribution is 0.0950. The molecular formula is C19H22N4O2. The Labute approximate surface area is 146 Å². The third-order valence-electron chi connectivity index (χ3n) is 3.96. The predicted molar refractivity (Wildman–Crippen MR) is 96.8 cm³/mol. The SMILES string of the molecule is CNC(C)CNC(=O)c1cccc(OCc2cn3ccccc3n2)c1. The molecule has 0 spiro atoms. The maximum atomic E-state index is 12.2. The number of benzene rings is 1. The molecule has 3 aromatic rings. The monoisotopic (exact) mass is 338 g/mol. The van der Waals surface area contributed by atoms with E-state index in [1.54, 1.807) is 12.1 Å². The summed E-state index contributed by atoms with van der Waals surface area (Å²) >= 11 is 0. The summed E-state index contributed by atoms with van der Waals surface area (Å²) in [6.07, 6.45) is 3.88. The molecule has 25 heavy (non-hydrogen) atoms. The van der Waals surface area contributed by atoms with Gasteiger partial charge in [-0.15, -0.1) is 0 Å². The zero-order chi connectivity index (χ0) is 17.6. The number of carbonyl (C=O) groups is 1. The number of amides is 1. The van der Waals surface area contributed by atoms with Crippen molar-refractivity contribution in [2.45, 2.75) is 19.6 Å². The summed E-state index contributed by atoms with van der Waals surface area (Å²) in [7, 11) is 1.87. The van der Waals surface area contributed by atoms with E-state index in [4.69, 9.17) is 4.74 Å². The zero-order valence-electron chi connectivity index (χ0n) is 14.4. The number of ether oxygens (including phenoxy) is 1. The van der Waals surface area contributed by atoms with Crippen molar-refractivity contribution in [3.63, 3.8) is 0 Å². The molecule has 130 valence electrons. The Morgan fingerprint density at radius 3 is 2.96 bits per heavy atom. The highest BCUT2D eigenvalue weighted by atomic mass is 16.5. The van der Waals surface area contributed by atoms with Crippen LogP contribution >= 0.6 is 0 Å². The maximum absolute atomic E-state index is 12.2. The number of hydrogen-bond donors (Lipinski definition) is 2. The second-order valence-corrected chi connectivity index (χ2v) is 5.91. The fourth-order valence-corrected chi connectivity index (χ4v) is 2.39. The minimum Gasteiger partial charge on any atom is -0.487 e. The van der Waals surface area contributed by atoms with Crippen LogP contribution in [0.15, 0.2) is 54.9 Å². The molecule has 0 saturated carbocycles. The highest BCUT2D eigenvalue weighted by molar-refractivity contribution is 5.94. The molecule has 6 nitrogen and oxygen atoms in total. The molecule has 1 amide bonds. The lowest BCUT2D eigenvalue weighted by atomic mass is 10.2. The lowest BCUT2D eigenvalue weighted by Crippen LogP contribution is -2.37. The quantitative estimate of drug-likeness (QED) is 0.693. The number of hydrogen-bond acceptors (Lipinski definition) is 4. The Morgan fingerprint density at radius 1 is 1.28 bits per heavy atom. The van der Waals surface area contributed by atoms with Crippen molar-refractivity contribution in [3.8, 4) is 5.75 Å². The van der Waals surface area contributed by atoms with E-state index >= 15 is 0 Å². The molecule has 0 bridgehead atoms. The van der Waals surface area contributed by atoms with Gasteiger partial charge in [0.2, 0.25) is 0 Å². The number of imidazole rings is 1. The number of nitrogens with one attached hydrogen (secondary N) is 2. The summed E-state index contributed by atoms with van der Waals surface area (Å²) in [5.41, 5.74) is 2.30. The summed E-state index contributed by atoms with van der Waals surface area (Å²) in [5, 5.41) is 5.98. The van der Waals surface area contributed by atoms with Gasteiger partial charge in [-0.2, -0.15) is 0 Å². The van der Waals surface area contributed by atoms with E-state index in [1.807, 2.05) is 61.1 Å². The van der Waals surface area contributed by atoms with Crippen LogP contribution < -0.4 is 15.4 Å². The molecule has 2 heterocycles. The fourth-order valence-electron chi connectivity index (χ4n) is 2.39. The highest BCUT2D eigenvalue weighted by Gasteiger charge is 2.08. The van der Waals surface area contributed by atoms with Gasteiger partial charge in [-0.1, -0.05) is 12.1 Å². The molecule has 2 N–H and O–H groups in total. The minimum atomic E-state index is -0.111. The number of fused-ring (bicyclic) bond motifs is 1. The van der Waals surface area contributed by atoms with Crippen LogP contribution in [0.1, 0.15) is 23.0 Å². The van der Waals surface area contributed by atoms with E-state index in [1.165, 1.54) is 0 Å². The van der Waals surface area contributed by atoms with Crippen LogP contribution in [0.5, 0.6) is 5.75 Å². The van der Waals surface area contributed by atoms with E-state index < -0.39 is 0 Å². The average Bonchev–Trinajstić information content (AvgIpc) is 3.07. The first-order valence-corrected chi connectivity index (χ1v) is 8.26. The molecule has 2 aromatic heterocycles. The fraction of sp³-hybridized carbons (Fsp3) is 0.263. The van der Waals surface area contributed by atoms with Crippen molar-refractivity contribution in [1.29, 1.82) is 0 Å². The summed E-state index contributed by atoms with van der Waals surface area (Å²) in [4.78, 5) is 16.7. The Bertz CT molecular complexity index is 826. The second-order valence-electron chi connectivity index (χ2n) is 5.91. The number of likely N-dealkylation sites (N-methyl/N-ethyl adjacent to an activating group) is 1. The Hall–Kier alpha value is -2.86. The van der Waals surface area contributed by atoms with Gasteiger partial charge >= 0.3 is 0 Å². The third-order valence-corrected chi connectivity index (χ3v) is 3.96. The number of carbonyl (C=O) groups excluding carboxylic acids is 1. The summed E-state index contributed by atoms with van der Waals surface area (Å²) in [5.74, 6) is 0.534. The van der Waals surface area contributed by atoms with Crippen molar-refractivity contribution in [1.82, 2.24) is 20.0 Å². The Balaban J connectivity index is 1.62. The molecule has 1 aromatic carbocycles. The van der Waals surface area contributed by atoms with Gasteiger partial charge in [-0.3, -0.25) is 4.79 Å².